The Kier molecular flexibility index (Phi) is 4.59. The van der Waals surface area contributed by atoms with Crippen LogP contribution in [-0.2, 0) is 6.54 Å². The highest BCUT2D eigenvalue weighted by molar-refractivity contribution is 9.10. The van der Waals surface area contributed by atoms with Gasteiger partial charge in [0.15, 0.2) is 4.80 Å². The summed E-state index contributed by atoms with van der Waals surface area (Å²) in [6.07, 6.45) is 0. The molecule has 1 heterocycles. The Balaban J connectivity index is 2.13. The van der Waals surface area contributed by atoms with Gasteiger partial charge in [0.2, 0.25) is 0 Å². The monoisotopic (exact) mass is 405 g/mol. The van der Waals surface area contributed by atoms with Gasteiger partial charge >= 0.3 is 0 Å². The molecule has 0 fully saturated rings. The minimum Gasteiger partial charge on any atom is -0.316 e. The first-order valence-electron chi connectivity index (χ1n) is 7.12. The van der Waals surface area contributed by atoms with Crippen molar-refractivity contribution >= 4 is 49.1 Å². The summed E-state index contributed by atoms with van der Waals surface area (Å²) >= 11 is 4.93. The second-order valence-electron chi connectivity index (χ2n) is 4.94. The fourth-order valence-electron chi connectivity index (χ4n) is 2.37. The molecular weight excluding hydrogens is 394 g/mol. The van der Waals surface area contributed by atoms with Gasteiger partial charge in [-0.2, -0.15) is 4.99 Å². The molecule has 0 bridgehead atoms. The Morgan fingerprint density at radius 2 is 2.08 bits per heavy atom. The molecular formula is C16H12BrN3O3S. The van der Waals surface area contributed by atoms with Gasteiger partial charge in [-0.3, -0.25) is 14.9 Å². The number of para-hydroxylation sites is 1. The van der Waals surface area contributed by atoms with Crippen molar-refractivity contribution < 1.29 is 9.72 Å². The maximum absolute atomic E-state index is 12.4. The molecule has 24 heavy (non-hydrogen) atoms. The van der Waals surface area contributed by atoms with E-state index < -0.39 is 10.8 Å². The highest BCUT2D eigenvalue weighted by Crippen LogP contribution is 2.25. The van der Waals surface area contributed by atoms with Crippen molar-refractivity contribution in [3.63, 3.8) is 0 Å². The number of carbonyl (C=O) groups is 1. The first-order valence-corrected chi connectivity index (χ1v) is 8.73. The van der Waals surface area contributed by atoms with Crippen molar-refractivity contribution in [2.45, 2.75) is 13.5 Å². The summed E-state index contributed by atoms with van der Waals surface area (Å²) in [6, 6.07) is 11.4. The molecule has 122 valence electrons. The number of rotatable bonds is 3. The number of nitro benzene ring substituents is 1. The fourth-order valence-corrected chi connectivity index (χ4v) is 4.20. The zero-order chi connectivity index (χ0) is 17.3. The maximum atomic E-state index is 12.4. The number of aromatic nitrogens is 1. The van der Waals surface area contributed by atoms with Crippen molar-refractivity contribution in [1.82, 2.24) is 4.57 Å². The van der Waals surface area contributed by atoms with Gasteiger partial charge in [0.1, 0.15) is 0 Å². The number of benzene rings is 2. The number of hydrogen-bond acceptors (Lipinski definition) is 4. The molecule has 0 unspecified atom stereocenters. The summed E-state index contributed by atoms with van der Waals surface area (Å²) < 4.78 is 3.89. The number of amides is 1. The van der Waals surface area contributed by atoms with E-state index >= 15 is 0 Å². The van der Waals surface area contributed by atoms with Crippen LogP contribution in [0.3, 0.4) is 0 Å². The van der Waals surface area contributed by atoms with Crippen LogP contribution in [-0.4, -0.2) is 15.4 Å². The van der Waals surface area contributed by atoms with E-state index in [0.29, 0.717) is 11.3 Å². The molecule has 0 N–H and O–H groups in total. The van der Waals surface area contributed by atoms with Crippen LogP contribution < -0.4 is 4.80 Å². The molecule has 0 radical (unpaired) electrons. The average Bonchev–Trinajstić information content (AvgIpc) is 2.93. The van der Waals surface area contributed by atoms with E-state index in [4.69, 9.17) is 0 Å². The summed E-state index contributed by atoms with van der Waals surface area (Å²) in [7, 11) is 0. The van der Waals surface area contributed by atoms with Gasteiger partial charge < -0.3 is 4.57 Å². The van der Waals surface area contributed by atoms with E-state index in [9.17, 15) is 14.9 Å². The van der Waals surface area contributed by atoms with Crippen molar-refractivity contribution in [2.75, 3.05) is 0 Å². The third-order valence-electron chi connectivity index (χ3n) is 3.47. The van der Waals surface area contributed by atoms with Crippen LogP contribution in [0.5, 0.6) is 0 Å². The predicted octanol–water partition coefficient (Wildman–Crippen LogP) is 4.13. The van der Waals surface area contributed by atoms with Crippen LogP contribution in [0.1, 0.15) is 17.3 Å². The van der Waals surface area contributed by atoms with Gasteiger partial charge in [-0.15, -0.1) is 0 Å². The van der Waals surface area contributed by atoms with E-state index in [1.165, 1.54) is 35.6 Å². The average molecular weight is 406 g/mol. The van der Waals surface area contributed by atoms with Gasteiger partial charge in [-0.05, 0) is 41.1 Å². The standard InChI is InChI=1S/C16H12BrN3O3S/c1-2-19-14-12(17)7-4-8-13(14)24-16(19)18-15(21)10-5-3-6-11(9-10)20(22)23/h3-9H,2H2,1H3. The van der Waals surface area contributed by atoms with Crippen LogP contribution >= 0.6 is 27.3 Å². The van der Waals surface area contributed by atoms with Crippen molar-refractivity contribution in [1.29, 1.82) is 0 Å². The highest BCUT2D eigenvalue weighted by Gasteiger charge is 2.13. The van der Waals surface area contributed by atoms with Gasteiger partial charge in [0.25, 0.3) is 11.6 Å². The summed E-state index contributed by atoms with van der Waals surface area (Å²) in [5.74, 6) is -0.497. The number of nitrogens with zero attached hydrogens (tertiary/aromatic N) is 3. The lowest BCUT2D eigenvalue weighted by molar-refractivity contribution is -0.384. The molecule has 1 aromatic heterocycles. The number of nitro groups is 1. The lowest BCUT2D eigenvalue weighted by Crippen LogP contribution is -2.16. The molecule has 0 aliphatic carbocycles. The summed E-state index contributed by atoms with van der Waals surface area (Å²) in [5.41, 5.74) is 1.05. The number of halogens is 1. The fraction of sp³-hybridized carbons (Fsp3) is 0.125. The van der Waals surface area contributed by atoms with E-state index in [0.717, 1.165) is 14.7 Å². The molecule has 0 saturated heterocycles. The summed E-state index contributed by atoms with van der Waals surface area (Å²) in [5, 5.41) is 10.8. The largest absolute Gasteiger partial charge is 0.316 e. The Morgan fingerprint density at radius 1 is 1.33 bits per heavy atom. The molecule has 0 aliphatic heterocycles. The second-order valence-corrected chi connectivity index (χ2v) is 6.80. The molecule has 1 amide bonds. The lowest BCUT2D eigenvalue weighted by Gasteiger charge is -2.02. The molecule has 3 rings (SSSR count). The predicted molar refractivity (Wildman–Crippen MR) is 96.2 cm³/mol. The highest BCUT2D eigenvalue weighted by atomic mass is 79.9. The van der Waals surface area contributed by atoms with Crippen LogP contribution in [0.15, 0.2) is 51.9 Å². The number of hydrogen-bond donors (Lipinski definition) is 0. The van der Waals surface area contributed by atoms with Gasteiger partial charge in [-0.1, -0.05) is 23.5 Å². The molecule has 0 spiro atoms. The summed E-state index contributed by atoms with van der Waals surface area (Å²) in [4.78, 5) is 27.5. The third kappa shape index (κ3) is 3.02. The number of fused-ring (bicyclic) bond motifs is 1. The van der Waals surface area contributed by atoms with Crippen molar-refractivity contribution in [3.8, 4) is 0 Å². The first kappa shape index (κ1) is 16.5. The van der Waals surface area contributed by atoms with Crippen molar-refractivity contribution in [2.24, 2.45) is 4.99 Å². The quantitative estimate of drug-likeness (QED) is 0.485. The molecule has 0 aliphatic rings. The number of thiazole rings is 1. The minimum atomic E-state index is -0.528. The van der Waals surface area contributed by atoms with E-state index in [-0.39, 0.29) is 11.3 Å². The zero-order valence-corrected chi connectivity index (χ0v) is 15.0. The Labute approximate surface area is 149 Å². The maximum Gasteiger partial charge on any atom is 0.279 e. The van der Waals surface area contributed by atoms with Gasteiger partial charge in [0.05, 0.1) is 15.1 Å². The smallest absolute Gasteiger partial charge is 0.279 e. The van der Waals surface area contributed by atoms with Gasteiger partial charge in [-0.25, -0.2) is 0 Å². The lowest BCUT2D eigenvalue weighted by atomic mass is 10.2. The molecule has 0 saturated carbocycles. The Bertz CT molecular complexity index is 1020. The third-order valence-corrected chi connectivity index (χ3v) is 5.15. The van der Waals surface area contributed by atoms with Crippen LogP contribution in [0.2, 0.25) is 0 Å². The SMILES string of the molecule is CCn1c(=NC(=O)c2cccc([N+](=O)[O-])c2)sc2cccc(Br)c21. The Morgan fingerprint density at radius 3 is 2.79 bits per heavy atom. The molecule has 2 aromatic carbocycles. The molecule has 0 atom stereocenters. The topological polar surface area (TPSA) is 77.5 Å². The number of carbonyl (C=O) groups excluding carboxylic acids is 1. The molecule has 3 aromatic rings. The van der Waals surface area contributed by atoms with E-state index in [2.05, 4.69) is 20.9 Å². The van der Waals surface area contributed by atoms with Gasteiger partial charge in [0, 0.05) is 28.7 Å². The van der Waals surface area contributed by atoms with E-state index in [1.807, 2.05) is 29.7 Å². The molecule has 6 nitrogen and oxygen atoms in total. The van der Waals surface area contributed by atoms with Crippen LogP contribution in [0.4, 0.5) is 5.69 Å². The number of non-ortho nitro benzene ring substituents is 1. The first-order chi connectivity index (χ1) is 11.5. The molecule has 8 heteroatoms. The minimum absolute atomic E-state index is 0.126. The van der Waals surface area contributed by atoms with E-state index in [1.54, 1.807) is 0 Å². The van der Waals surface area contributed by atoms with Crippen LogP contribution in [0.25, 0.3) is 10.2 Å². The normalized spacial score (nSPS) is 11.8. The van der Waals surface area contributed by atoms with Crippen molar-refractivity contribution in [3.05, 3.63) is 67.4 Å². The summed E-state index contributed by atoms with van der Waals surface area (Å²) in [6.45, 7) is 2.63. The second kappa shape index (κ2) is 6.66. The zero-order valence-electron chi connectivity index (χ0n) is 12.6. The Hall–Kier alpha value is -2.32. The van der Waals surface area contributed by atoms with Crippen LogP contribution in [0, 0.1) is 10.1 Å². The number of aryl methyl sites for hydroxylation is 1.